The van der Waals surface area contributed by atoms with Crippen molar-refractivity contribution >= 4 is 53.9 Å². The lowest BCUT2D eigenvalue weighted by Gasteiger charge is -2.02. The van der Waals surface area contributed by atoms with E-state index in [0.717, 1.165) is 0 Å². The zero-order valence-electron chi connectivity index (χ0n) is 69.2. The minimum atomic E-state index is 1.33. The van der Waals surface area contributed by atoms with Gasteiger partial charge in [0, 0.05) is 0 Å². The van der Waals surface area contributed by atoms with Gasteiger partial charge in [-0.05, 0) is 192 Å². The monoisotopic (exact) mass is 1340 g/mol. The number of aryl methyl sites for hydroxylation is 16. The molecule has 0 aromatic heterocycles. The average molecular weight is 1340 g/mol. The maximum absolute atomic E-state index is 2.24. The highest BCUT2D eigenvalue weighted by atomic mass is 14.0. The van der Waals surface area contributed by atoms with E-state index in [1.807, 2.05) is 111 Å². The molecule has 538 valence electrons. The summed E-state index contributed by atoms with van der Waals surface area (Å²) in [5.41, 5.74) is 21.4. The van der Waals surface area contributed by atoms with E-state index >= 15 is 0 Å². The topological polar surface area (TPSA) is 0 Å². The molecule has 0 aliphatic carbocycles. The minimum Gasteiger partial charge on any atom is -0.0683 e. The Balaban J connectivity index is -0.00000105. The van der Waals surface area contributed by atoms with Crippen LogP contribution in [0.3, 0.4) is 0 Å². The first-order chi connectivity index (χ1) is 48.2. The van der Waals surface area contributed by atoms with Crippen molar-refractivity contribution in [1.82, 2.24) is 0 Å². The van der Waals surface area contributed by atoms with E-state index in [9.17, 15) is 0 Å². The molecule has 0 bridgehead atoms. The molecule has 0 radical (unpaired) electrons. The maximum atomic E-state index is 2.24. The highest BCUT2D eigenvalue weighted by Crippen LogP contribution is 2.23. The van der Waals surface area contributed by atoms with Gasteiger partial charge < -0.3 is 0 Å². The highest BCUT2D eigenvalue weighted by molar-refractivity contribution is 5.88. The summed E-state index contributed by atoms with van der Waals surface area (Å²) in [4.78, 5) is 0. The summed E-state index contributed by atoms with van der Waals surface area (Å²) in [5, 5.41) is 13.5. The summed E-state index contributed by atoms with van der Waals surface area (Å²) >= 11 is 0. The van der Waals surface area contributed by atoms with Crippen LogP contribution in [0.4, 0.5) is 0 Å². The molecule has 0 saturated heterocycles. The van der Waals surface area contributed by atoms with Crippen LogP contribution in [0.5, 0.6) is 0 Å². The van der Waals surface area contributed by atoms with Crippen molar-refractivity contribution in [3.8, 4) is 0 Å². The van der Waals surface area contributed by atoms with Gasteiger partial charge in [0.05, 0.1) is 0 Å². The normalized spacial score (nSPS) is 9.00. The van der Waals surface area contributed by atoms with E-state index in [0.29, 0.717) is 0 Å². The number of fused-ring (bicyclic) bond motifs is 5. The summed E-state index contributed by atoms with van der Waals surface area (Å²) in [6.07, 6.45) is 0. The Hall–Kier alpha value is -8.84. The molecule has 0 heteroatoms. The van der Waals surface area contributed by atoms with Crippen LogP contribution in [-0.2, 0) is 0 Å². The molecule has 13 aromatic carbocycles. The Morgan fingerprint density at radius 3 is 0.780 bits per heavy atom. The van der Waals surface area contributed by atoms with E-state index in [2.05, 4.69) is 366 Å². The van der Waals surface area contributed by atoms with Gasteiger partial charge >= 0.3 is 0 Å². The van der Waals surface area contributed by atoms with Gasteiger partial charge in [-0.2, -0.15) is 0 Å². The van der Waals surface area contributed by atoms with Crippen LogP contribution in [-0.4, -0.2) is 0 Å². The predicted molar refractivity (Wildman–Crippen MR) is 466 cm³/mol. The van der Waals surface area contributed by atoms with Crippen molar-refractivity contribution < 1.29 is 0 Å². The van der Waals surface area contributed by atoms with Gasteiger partial charge in [0.1, 0.15) is 0 Å². The van der Waals surface area contributed by atoms with Gasteiger partial charge in [-0.1, -0.05) is 427 Å². The van der Waals surface area contributed by atoms with Crippen LogP contribution < -0.4 is 0 Å². The molecule has 0 fully saturated rings. The summed E-state index contributed by atoms with van der Waals surface area (Å²) in [6, 6.07) is 90.4. The standard InChI is InChI=1S/5C12H12.3C8H10.8C2H6/c1-9-3-5-12-8-10(2)4-6-11(12)7-9;1-9-3-5-11-6-4-10(2)8-12(11)7-9;1-9-6-7-12-10(2)4-3-5-11(12)8-9;1-9-6-7-11-5-3-4-10(2)12(11)8-9;1-9-7-10(2)12-6-4-3-5-11(12)8-9;1-7-3-5-8(2)6-4-7;1-7-4-3-5-8(2)6-7;1-7-5-3-4-6-8(7)2;8*1-2/h5*3-8H,1-2H3;3*3-6H,1-2H3;8*1-2H3. The van der Waals surface area contributed by atoms with E-state index in [4.69, 9.17) is 0 Å². The molecule has 13 rings (SSSR count). The minimum absolute atomic E-state index is 1.33. The molecule has 0 nitrogen and oxygen atoms in total. The fraction of sp³-hybridized carbons (Fsp3) is 0.320. The molecule has 0 heterocycles. The van der Waals surface area contributed by atoms with Gasteiger partial charge in [-0.25, -0.2) is 0 Å². The van der Waals surface area contributed by atoms with Crippen LogP contribution in [0.25, 0.3) is 53.9 Å². The quantitative estimate of drug-likeness (QED) is 0.142. The first-order valence-electron chi connectivity index (χ1n) is 37.6. The largest absolute Gasteiger partial charge is 0.0683 e. The Labute approximate surface area is 615 Å². The van der Waals surface area contributed by atoms with Crippen molar-refractivity contribution in [3.63, 3.8) is 0 Å². The van der Waals surface area contributed by atoms with Gasteiger partial charge in [0.25, 0.3) is 0 Å². The fourth-order valence-corrected chi connectivity index (χ4v) is 9.87. The lowest BCUT2D eigenvalue weighted by Crippen LogP contribution is -1.80. The number of hydrogen-bond acceptors (Lipinski definition) is 0. The first-order valence-corrected chi connectivity index (χ1v) is 37.6. The number of benzene rings is 13. The molecule has 0 atom stereocenters. The summed E-state index contributed by atoms with van der Waals surface area (Å²) in [7, 11) is 0. The molecule has 0 saturated carbocycles. The molecular formula is C100H138. The predicted octanol–water partition coefficient (Wildman–Crippen LogP) is 32.4. The third-order valence-electron chi connectivity index (χ3n) is 14.8. The van der Waals surface area contributed by atoms with E-state index in [1.165, 1.54) is 143 Å². The van der Waals surface area contributed by atoms with Crippen LogP contribution in [0.2, 0.25) is 0 Å². The molecule has 0 amide bonds. The molecule has 0 aliphatic rings. The number of rotatable bonds is 0. The second kappa shape index (κ2) is 58.0. The van der Waals surface area contributed by atoms with Crippen molar-refractivity contribution in [2.24, 2.45) is 0 Å². The van der Waals surface area contributed by atoms with Crippen molar-refractivity contribution in [1.29, 1.82) is 0 Å². The average Bonchev–Trinajstić information content (AvgIpc) is 0.914. The second-order valence-electron chi connectivity index (χ2n) is 23.0. The Kier molecular flexibility index (Phi) is 55.3. The van der Waals surface area contributed by atoms with Crippen molar-refractivity contribution in [3.05, 3.63) is 344 Å². The lowest BCUT2D eigenvalue weighted by atomic mass is 10.0. The summed E-state index contributed by atoms with van der Waals surface area (Å²) < 4.78 is 0. The summed E-state index contributed by atoms with van der Waals surface area (Å²) in [6.45, 7) is 66.0. The molecule has 0 aliphatic heterocycles. The van der Waals surface area contributed by atoms with E-state index in [1.54, 1.807) is 0 Å². The molecular weight excluding hydrogens is 1200 g/mol. The smallest absolute Gasteiger partial charge is 0.0152 e. The molecule has 0 unspecified atom stereocenters. The Morgan fingerprint density at radius 1 is 0.120 bits per heavy atom. The molecule has 13 aromatic rings. The van der Waals surface area contributed by atoms with Gasteiger partial charge in [-0.15, -0.1) is 0 Å². The van der Waals surface area contributed by atoms with Crippen molar-refractivity contribution in [2.45, 2.75) is 222 Å². The first kappa shape index (κ1) is 95.3. The van der Waals surface area contributed by atoms with Crippen molar-refractivity contribution in [2.75, 3.05) is 0 Å². The highest BCUT2D eigenvalue weighted by Gasteiger charge is 1.99. The third kappa shape index (κ3) is 37.9. The molecule has 0 spiro atoms. The SMILES string of the molecule is CC.CC.CC.CC.CC.CC.CC.CC.Cc1cc(C)c2ccccc2c1.Cc1ccc(C)cc1.Cc1ccc2c(C)cccc2c1.Cc1ccc2cc(C)ccc2c1.Cc1ccc2ccc(C)cc2c1.Cc1ccc2cccc(C)c2c1.Cc1cccc(C)c1.Cc1ccccc1C. The molecule has 100 heavy (non-hydrogen) atoms. The Morgan fingerprint density at radius 2 is 0.380 bits per heavy atom. The van der Waals surface area contributed by atoms with E-state index in [-0.39, 0.29) is 0 Å². The van der Waals surface area contributed by atoms with Crippen LogP contribution in [0, 0.1) is 111 Å². The second-order valence-corrected chi connectivity index (χ2v) is 23.0. The maximum Gasteiger partial charge on any atom is -0.0152 e. The third-order valence-corrected chi connectivity index (χ3v) is 14.8. The van der Waals surface area contributed by atoms with Gasteiger partial charge in [-0.3, -0.25) is 0 Å². The zero-order chi connectivity index (χ0) is 76.7. The lowest BCUT2D eigenvalue weighted by molar-refractivity contribution is 1.34. The van der Waals surface area contributed by atoms with Crippen LogP contribution >= 0.6 is 0 Å². The zero-order valence-corrected chi connectivity index (χ0v) is 69.2. The van der Waals surface area contributed by atoms with Gasteiger partial charge in [0.15, 0.2) is 0 Å². The summed E-state index contributed by atoms with van der Waals surface area (Å²) in [5.74, 6) is 0. The molecule has 0 N–H and O–H groups in total. The number of hydrogen-bond donors (Lipinski definition) is 0. The van der Waals surface area contributed by atoms with Gasteiger partial charge in [0.2, 0.25) is 0 Å². The van der Waals surface area contributed by atoms with Crippen LogP contribution in [0.1, 0.15) is 200 Å². The van der Waals surface area contributed by atoms with E-state index < -0.39 is 0 Å². The Bertz CT molecular complexity index is 4010. The fourth-order valence-electron chi connectivity index (χ4n) is 9.87. The van der Waals surface area contributed by atoms with Crippen LogP contribution in [0.15, 0.2) is 255 Å².